The predicted molar refractivity (Wildman–Crippen MR) is 209 cm³/mol. The van der Waals surface area contributed by atoms with Gasteiger partial charge in [0.15, 0.2) is 0 Å². The Morgan fingerprint density at radius 1 is 0.367 bits per heavy atom. The van der Waals surface area contributed by atoms with E-state index < -0.39 is 0 Å². The second kappa shape index (κ2) is 23.5. The molecule has 0 aliphatic heterocycles. The third-order valence-corrected chi connectivity index (χ3v) is 13.3. The maximum atomic E-state index is 12.3. The molecule has 0 unspecified atom stereocenters. The van der Waals surface area contributed by atoms with Crippen LogP contribution < -0.4 is 0 Å². The Bertz CT molecular complexity index is 808. The van der Waals surface area contributed by atoms with Gasteiger partial charge in [-0.05, 0) is 118 Å². The number of unbranched alkanes of at least 4 members (excludes halogenated alkanes) is 15. The minimum Gasteiger partial charge on any atom is -0.300 e. The molecule has 4 aliphatic carbocycles. The van der Waals surface area contributed by atoms with Gasteiger partial charge in [0.25, 0.3) is 0 Å². The lowest BCUT2D eigenvalue weighted by Gasteiger charge is -2.68. The Hall–Kier alpha value is -0.990. The third kappa shape index (κ3) is 16.1. The lowest BCUT2D eigenvalue weighted by Crippen LogP contribution is -2.56. The summed E-state index contributed by atoms with van der Waals surface area (Å²) < 4.78 is 0. The minimum absolute atomic E-state index is 0.496. The highest BCUT2D eigenvalue weighted by Crippen LogP contribution is 2.73. The van der Waals surface area contributed by atoms with Crippen molar-refractivity contribution in [1.29, 1.82) is 0 Å². The van der Waals surface area contributed by atoms with Gasteiger partial charge in [-0.25, -0.2) is 0 Å². The second-order valence-electron chi connectivity index (χ2n) is 18.2. The van der Waals surface area contributed by atoms with Gasteiger partial charge in [-0.3, -0.25) is 14.4 Å². The second-order valence-corrected chi connectivity index (χ2v) is 18.2. The first-order valence-electron chi connectivity index (χ1n) is 22.3. The summed E-state index contributed by atoms with van der Waals surface area (Å²) in [5, 5.41) is 0. The Kier molecular flexibility index (Phi) is 20.4. The van der Waals surface area contributed by atoms with Crippen LogP contribution in [0.15, 0.2) is 0 Å². The number of carbonyl (C=O) groups excluding carboxylic acids is 3. The van der Waals surface area contributed by atoms with Crippen molar-refractivity contribution in [3.8, 4) is 0 Å². The van der Waals surface area contributed by atoms with Crippen molar-refractivity contribution in [2.75, 3.05) is 0 Å². The highest BCUT2D eigenvalue weighted by Gasteiger charge is 2.61. The highest BCUT2D eigenvalue weighted by molar-refractivity contribution is 5.78. The molecule has 49 heavy (non-hydrogen) atoms. The van der Waals surface area contributed by atoms with Crippen LogP contribution in [0.1, 0.15) is 252 Å². The topological polar surface area (TPSA) is 51.2 Å². The summed E-state index contributed by atoms with van der Waals surface area (Å²) in [5.74, 6) is 2.43. The molecule has 0 heterocycles. The van der Waals surface area contributed by atoms with Crippen molar-refractivity contribution in [1.82, 2.24) is 0 Å². The SMILES string of the molecule is CCCCCC(=O)CCCCCCC12CC3CC(CCCCCCC(=O)CCCCC)(C1)CC(CCCCCCC(=O)CCCCC)(C3)C2. The summed E-state index contributed by atoms with van der Waals surface area (Å²) >= 11 is 0. The molecule has 284 valence electrons. The van der Waals surface area contributed by atoms with E-state index in [9.17, 15) is 14.4 Å². The Morgan fingerprint density at radius 3 is 0.878 bits per heavy atom. The van der Waals surface area contributed by atoms with E-state index in [1.54, 1.807) is 0 Å². The van der Waals surface area contributed by atoms with Crippen LogP contribution in [-0.4, -0.2) is 17.3 Å². The normalized spacial score (nSPS) is 25.7. The van der Waals surface area contributed by atoms with E-state index in [0.717, 1.165) is 83.0 Å². The molecular formula is C46H82O3. The van der Waals surface area contributed by atoms with Gasteiger partial charge in [0, 0.05) is 38.5 Å². The minimum atomic E-state index is 0.496. The highest BCUT2D eigenvalue weighted by atomic mass is 16.1. The molecule has 3 nitrogen and oxygen atoms in total. The van der Waals surface area contributed by atoms with E-state index in [4.69, 9.17) is 0 Å². The van der Waals surface area contributed by atoms with E-state index in [-0.39, 0.29) is 0 Å². The van der Waals surface area contributed by atoms with E-state index in [1.165, 1.54) is 154 Å². The predicted octanol–water partition coefficient (Wildman–Crippen LogP) is 14.4. The summed E-state index contributed by atoms with van der Waals surface area (Å²) in [5.41, 5.74) is 1.72. The summed E-state index contributed by atoms with van der Waals surface area (Å²) in [6, 6.07) is 0. The fourth-order valence-electron chi connectivity index (χ4n) is 11.5. The molecule has 0 aromatic heterocycles. The van der Waals surface area contributed by atoms with Gasteiger partial charge in [-0.2, -0.15) is 0 Å². The lowest BCUT2D eigenvalue weighted by molar-refractivity contribution is -0.169. The number of carbonyl (C=O) groups is 3. The summed E-state index contributed by atoms with van der Waals surface area (Å²) in [6.07, 6.45) is 43.5. The molecule has 4 fully saturated rings. The molecule has 3 heteroatoms. The van der Waals surface area contributed by atoms with E-state index in [1.807, 2.05) is 0 Å². The Labute approximate surface area is 305 Å². The molecule has 4 rings (SSSR count). The maximum Gasteiger partial charge on any atom is 0.132 e. The molecular weight excluding hydrogens is 601 g/mol. The number of Topliss-reactive ketones (excluding diaryl/α,β-unsaturated/α-hetero) is 3. The van der Waals surface area contributed by atoms with Crippen LogP contribution in [0.2, 0.25) is 0 Å². The Morgan fingerprint density at radius 2 is 0.612 bits per heavy atom. The quantitative estimate of drug-likeness (QED) is 0.0647. The Balaban J connectivity index is 1.47. The van der Waals surface area contributed by atoms with Crippen LogP contribution in [0, 0.1) is 22.2 Å². The molecule has 4 saturated carbocycles. The van der Waals surface area contributed by atoms with Gasteiger partial charge < -0.3 is 0 Å². The fourth-order valence-corrected chi connectivity index (χ4v) is 11.5. The molecule has 0 spiro atoms. The van der Waals surface area contributed by atoms with Gasteiger partial charge in [0.05, 0.1) is 0 Å². The first-order valence-corrected chi connectivity index (χ1v) is 22.3. The lowest BCUT2D eigenvalue weighted by atomic mass is 9.37. The number of hydrogen-bond donors (Lipinski definition) is 0. The van der Waals surface area contributed by atoms with Crippen molar-refractivity contribution in [2.45, 2.75) is 252 Å². The van der Waals surface area contributed by atoms with Crippen LogP contribution in [0.4, 0.5) is 0 Å². The van der Waals surface area contributed by atoms with Crippen molar-refractivity contribution in [2.24, 2.45) is 22.2 Å². The van der Waals surface area contributed by atoms with Gasteiger partial charge in [-0.1, -0.05) is 117 Å². The molecule has 4 aliphatic rings. The van der Waals surface area contributed by atoms with Gasteiger partial charge in [-0.15, -0.1) is 0 Å². The zero-order valence-electron chi connectivity index (χ0n) is 33.3. The van der Waals surface area contributed by atoms with Gasteiger partial charge in [0.2, 0.25) is 0 Å². The summed E-state index contributed by atoms with van der Waals surface area (Å²) in [7, 11) is 0. The van der Waals surface area contributed by atoms with Crippen molar-refractivity contribution < 1.29 is 14.4 Å². The summed E-state index contributed by atoms with van der Waals surface area (Å²) in [4.78, 5) is 36.8. The molecule has 0 N–H and O–H groups in total. The average Bonchev–Trinajstić information content (AvgIpc) is 3.05. The van der Waals surface area contributed by atoms with Gasteiger partial charge in [0.1, 0.15) is 17.3 Å². The number of ketones is 3. The number of rotatable bonds is 33. The smallest absolute Gasteiger partial charge is 0.132 e. The molecule has 0 radical (unpaired) electrons. The maximum absolute atomic E-state index is 12.3. The first kappa shape index (κ1) is 42.4. The monoisotopic (exact) mass is 683 g/mol. The largest absolute Gasteiger partial charge is 0.300 e. The standard InChI is InChI=1S/C46H82O3/c1-4-7-16-25-41(47)28-19-10-13-22-31-44-34-40-35-45(37-44,32-23-14-11-20-29-42(48)26-17-8-5-2)39-46(36-40,38-44)33-24-15-12-21-30-43(49)27-18-9-6-3/h40H,4-39H2,1-3H3. The van der Waals surface area contributed by atoms with E-state index >= 15 is 0 Å². The van der Waals surface area contributed by atoms with Crippen LogP contribution in [0.3, 0.4) is 0 Å². The van der Waals surface area contributed by atoms with Crippen molar-refractivity contribution >= 4 is 17.3 Å². The summed E-state index contributed by atoms with van der Waals surface area (Å²) in [6.45, 7) is 6.63. The van der Waals surface area contributed by atoms with E-state index in [0.29, 0.717) is 33.6 Å². The molecule has 0 aromatic carbocycles. The fraction of sp³-hybridized carbons (Fsp3) is 0.935. The van der Waals surface area contributed by atoms with Crippen LogP contribution in [-0.2, 0) is 14.4 Å². The number of hydrogen-bond acceptors (Lipinski definition) is 3. The van der Waals surface area contributed by atoms with Crippen LogP contribution in [0.5, 0.6) is 0 Å². The molecule has 0 aromatic rings. The van der Waals surface area contributed by atoms with Gasteiger partial charge >= 0.3 is 0 Å². The molecule has 0 atom stereocenters. The average molecular weight is 683 g/mol. The van der Waals surface area contributed by atoms with Crippen LogP contribution >= 0.6 is 0 Å². The van der Waals surface area contributed by atoms with Crippen molar-refractivity contribution in [3.63, 3.8) is 0 Å². The van der Waals surface area contributed by atoms with Crippen molar-refractivity contribution in [3.05, 3.63) is 0 Å². The zero-order chi connectivity index (χ0) is 35.3. The molecule has 4 bridgehead atoms. The van der Waals surface area contributed by atoms with Crippen LogP contribution in [0.25, 0.3) is 0 Å². The first-order chi connectivity index (χ1) is 23.8. The third-order valence-electron chi connectivity index (χ3n) is 13.3. The molecule has 0 amide bonds. The molecule has 0 saturated heterocycles. The zero-order valence-corrected chi connectivity index (χ0v) is 33.3. The van der Waals surface area contributed by atoms with E-state index in [2.05, 4.69) is 20.8 Å².